The molecule has 0 aliphatic rings. The van der Waals surface area contributed by atoms with E-state index in [1.54, 1.807) is 0 Å². The third-order valence-electron chi connectivity index (χ3n) is 1.88. The van der Waals surface area contributed by atoms with Crippen LogP contribution in [0.5, 0.6) is 0 Å². The zero-order valence-corrected chi connectivity index (χ0v) is 6.89. The number of pyridine rings is 1. The zero-order chi connectivity index (χ0) is 10.3. The molecule has 0 amide bonds. The summed E-state index contributed by atoms with van der Waals surface area (Å²) in [6.45, 7) is 0. The molecule has 0 N–H and O–H groups in total. The lowest BCUT2D eigenvalue weighted by atomic mass is 9.94. The van der Waals surface area contributed by atoms with Gasteiger partial charge in [0.25, 0.3) is 5.95 Å². The first kappa shape index (κ1) is 9.06. The lowest BCUT2D eigenvalue weighted by Gasteiger charge is -2.08. The number of fused-ring (bicyclic) bond motifs is 1. The van der Waals surface area contributed by atoms with E-state index in [0.717, 1.165) is 0 Å². The largest absolute Gasteiger partial charge is 0.580 e. The maximum absolute atomic E-state index is 13.1. The van der Waals surface area contributed by atoms with E-state index in [1.165, 1.54) is 18.2 Å². The summed E-state index contributed by atoms with van der Waals surface area (Å²) >= 11 is 0. The van der Waals surface area contributed by atoms with E-state index >= 15 is 0 Å². The molecule has 69 valence electrons. The van der Waals surface area contributed by atoms with Crippen LogP contribution in [-0.4, -0.2) is 12.8 Å². The molecule has 1 nitrogen and oxygen atoms in total. The Bertz CT molecular complexity index is 513. The highest BCUT2D eigenvalue weighted by molar-refractivity contribution is 6.33. The van der Waals surface area contributed by atoms with Crippen LogP contribution in [0.25, 0.3) is 10.8 Å². The van der Waals surface area contributed by atoms with Gasteiger partial charge in [-0.1, -0.05) is 12.1 Å². The van der Waals surface area contributed by atoms with Crippen molar-refractivity contribution in [2.75, 3.05) is 0 Å². The minimum atomic E-state index is -1.46. The first-order valence-electron chi connectivity index (χ1n) is 3.79. The predicted octanol–water partition coefficient (Wildman–Crippen LogP) is 1.45. The molecule has 0 aliphatic heterocycles. The first-order chi connectivity index (χ1) is 6.59. The van der Waals surface area contributed by atoms with Gasteiger partial charge in [0, 0.05) is 10.8 Å². The summed E-state index contributed by atoms with van der Waals surface area (Å²) in [6.07, 6.45) is 0. The van der Waals surface area contributed by atoms with Crippen molar-refractivity contribution in [3.05, 3.63) is 35.9 Å². The summed E-state index contributed by atoms with van der Waals surface area (Å²) in [4.78, 5) is 2.78. The van der Waals surface area contributed by atoms with E-state index in [4.69, 9.17) is 7.85 Å². The smallest absolute Gasteiger partial charge is 0.252 e. The maximum Gasteiger partial charge on any atom is 0.252 e. The van der Waals surface area contributed by atoms with Crippen molar-refractivity contribution in [3.8, 4) is 0 Å². The molecule has 2 rings (SSSR count). The van der Waals surface area contributed by atoms with Crippen LogP contribution < -0.4 is 5.46 Å². The zero-order valence-electron chi connectivity index (χ0n) is 6.89. The molecule has 0 aliphatic carbocycles. The third-order valence-corrected chi connectivity index (χ3v) is 1.88. The maximum atomic E-state index is 13.1. The molecular weight excluding hydrogens is 190 g/mol. The number of hydrogen-bond acceptors (Lipinski definition) is 1. The Kier molecular flexibility index (Phi) is 1.95. The molecule has 0 spiro atoms. The van der Waals surface area contributed by atoms with E-state index in [0.29, 0.717) is 0 Å². The number of benzene rings is 1. The Morgan fingerprint density at radius 2 is 1.71 bits per heavy atom. The topological polar surface area (TPSA) is 12.9 Å². The number of nitrogens with zero attached hydrogens (tertiary/aromatic N) is 1. The second-order valence-corrected chi connectivity index (χ2v) is 2.81. The van der Waals surface area contributed by atoms with Crippen LogP contribution in [-0.2, 0) is 0 Å². The SMILES string of the molecule is [B-]c1ccc2c(F)nc(F)c(F)c2c1. The number of halogens is 3. The normalized spacial score (nSPS) is 10.9. The molecule has 3 radical (unpaired) electrons. The molecule has 0 fully saturated rings. The second-order valence-electron chi connectivity index (χ2n) is 2.81. The van der Waals surface area contributed by atoms with Crippen molar-refractivity contribution in [2.45, 2.75) is 0 Å². The predicted molar refractivity (Wildman–Crippen MR) is 47.0 cm³/mol. The number of aromatic nitrogens is 1. The molecule has 14 heavy (non-hydrogen) atoms. The van der Waals surface area contributed by atoms with E-state index in [1.807, 2.05) is 0 Å². The Labute approximate surface area is 79.0 Å². The lowest BCUT2D eigenvalue weighted by molar-refractivity contribution is 0.459. The van der Waals surface area contributed by atoms with Gasteiger partial charge in [0.2, 0.25) is 5.95 Å². The first-order valence-corrected chi connectivity index (χ1v) is 3.79. The molecular formula is C9H3BF3N-. The molecule has 0 atom stereocenters. The summed E-state index contributed by atoms with van der Waals surface area (Å²) in [6, 6.07) is 3.82. The Hall–Kier alpha value is -1.52. The van der Waals surface area contributed by atoms with Gasteiger partial charge < -0.3 is 13.3 Å². The summed E-state index contributed by atoms with van der Waals surface area (Å²) < 4.78 is 38.8. The van der Waals surface area contributed by atoms with E-state index in [2.05, 4.69) is 4.98 Å². The van der Waals surface area contributed by atoms with Crippen molar-refractivity contribution >= 4 is 24.1 Å². The number of rotatable bonds is 0. The summed E-state index contributed by atoms with van der Waals surface area (Å²) in [5, 5.41) is -0.284. The molecule has 1 aromatic carbocycles. The molecule has 0 bridgehead atoms. The number of hydrogen-bond donors (Lipinski definition) is 0. The van der Waals surface area contributed by atoms with Gasteiger partial charge in [0.15, 0.2) is 5.82 Å². The van der Waals surface area contributed by atoms with Gasteiger partial charge in [-0.2, -0.15) is 13.8 Å². The van der Waals surface area contributed by atoms with Gasteiger partial charge in [-0.3, -0.25) is 0 Å². The van der Waals surface area contributed by atoms with Crippen LogP contribution in [0.3, 0.4) is 0 Å². The summed E-state index contributed by atoms with van der Waals surface area (Å²) in [7, 11) is 5.36. The molecule has 2 aromatic rings. The van der Waals surface area contributed by atoms with Gasteiger partial charge in [0.05, 0.1) is 0 Å². The highest BCUT2D eigenvalue weighted by Gasteiger charge is 2.12. The van der Waals surface area contributed by atoms with Gasteiger partial charge in [-0.15, -0.1) is 6.07 Å². The molecule has 1 heterocycles. The van der Waals surface area contributed by atoms with Crippen molar-refractivity contribution < 1.29 is 13.2 Å². The fourth-order valence-corrected chi connectivity index (χ4v) is 1.23. The standard InChI is InChI=1S/C9H3BF3N/c10-4-1-2-5-6(3-4)7(11)9(13)14-8(5)12/h1-3H/q-1. The average molecular weight is 193 g/mol. The van der Waals surface area contributed by atoms with E-state index < -0.39 is 17.7 Å². The monoisotopic (exact) mass is 193 g/mol. The fourth-order valence-electron chi connectivity index (χ4n) is 1.23. The summed E-state index contributed by atoms with van der Waals surface area (Å²) in [5.41, 5.74) is 0.237. The van der Waals surface area contributed by atoms with Crippen LogP contribution in [0.4, 0.5) is 13.2 Å². The van der Waals surface area contributed by atoms with E-state index in [9.17, 15) is 13.2 Å². The van der Waals surface area contributed by atoms with Gasteiger partial charge in [-0.25, -0.2) is 4.39 Å². The minimum absolute atomic E-state index is 0.0851. The van der Waals surface area contributed by atoms with Crippen molar-refractivity contribution in [3.63, 3.8) is 0 Å². The van der Waals surface area contributed by atoms with Gasteiger partial charge in [0.1, 0.15) is 0 Å². The molecule has 1 aromatic heterocycles. The molecule has 0 saturated carbocycles. The van der Waals surface area contributed by atoms with Crippen LogP contribution in [0.2, 0.25) is 0 Å². The van der Waals surface area contributed by atoms with Gasteiger partial charge in [-0.05, 0) is 0 Å². The highest BCUT2D eigenvalue weighted by Crippen LogP contribution is 2.19. The molecule has 0 unspecified atom stereocenters. The van der Waals surface area contributed by atoms with Crippen LogP contribution in [0, 0.1) is 17.7 Å². The lowest BCUT2D eigenvalue weighted by Crippen LogP contribution is -2.04. The average Bonchev–Trinajstić information content (AvgIpc) is 2.14. The molecule has 0 saturated heterocycles. The van der Waals surface area contributed by atoms with Crippen LogP contribution in [0.15, 0.2) is 18.2 Å². The fraction of sp³-hybridized carbons (Fsp3) is 0. The van der Waals surface area contributed by atoms with E-state index in [-0.39, 0.29) is 16.2 Å². The quantitative estimate of drug-likeness (QED) is 0.455. The molecule has 5 heteroatoms. The Morgan fingerprint density at radius 1 is 1.00 bits per heavy atom. The Balaban J connectivity index is 2.95. The summed E-state index contributed by atoms with van der Waals surface area (Å²) in [5.74, 6) is -3.69. The van der Waals surface area contributed by atoms with Crippen LogP contribution >= 0.6 is 0 Å². The second kappa shape index (κ2) is 3.01. The van der Waals surface area contributed by atoms with Gasteiger partial charge >= 0.3 is 0 Å². The third kappa shape index (κ3) is 1.25. The van der Waals surface area contributed by atoms with Crippen molar-refractivity contribution in [2.24, 2.45) is 0 Å². The Morgan fingerprint density at radius 3 is 2.43 bits per heavy atom. The highest BCUT2D eigenvalue weighted by atomic mass is 19.2. The van der Waals surface area contributed by atoms with Crippen molar-refractivity contribution in [1.82, 2.24) is 4.98 Å². The van der Waals surface area contributed by atoms with Crippen molar-refractivity contribution in [1.29, 1.82) is 0 Å². The minimum Gasteiger partial charge on any atom is -0.580 e. The van der Waals surface area contributed by atoms with Crippen LogP contribution in [0.1, 0.15) is 0 Å².